The van der Waals surface area contributed by atoms with Crippen LogP contribution in [0.25, 0.3) is 11.2 Å². The third kappa shape index (κ3) is 3.37. The van der Waals surface area contributed by atoms with Crippen LogP contribution in [0.4, 0.5) is 0 Å². The van der Waals surface area contributed by atoms with Crippen LogP contribution in [0.2, 0.25) is 0 Å². The minimum Gasteiger partial charge on any atom is -0.336 e. The molecule has 0 saturated heterocycles. The van der Waals surface area contributed by atoms with E-state index in [1.165, 1.54) is 11.6 Å². The molecular weight excluding hydrogens is 322 g/mol. The lowest BCUT2D eigenvalue weighted by atomic mass is 10.3. The molecule has 0 aliphatic carbocycles. The Morgan fingerprint density at radius 2 is 1.87 bits per heavy atom. The molecule has 0 atom stereocenters. The lowest BCUT2D eigenvalue weighted by Gasteiger charge is -2.08. The number of nitrogens with zero attached hydrogens (tertiary/aromatic N) is 3. The predicted molar refractivity (Wildman–Crippen MR) is 87.0 cm³/mol. The summed E-state index contributed by atoms with van der Waals surface area (Å²) < 4.78 is 28.1. The molecule has 0 aliphatic rings. The van der Waals surface area contributed by atoms with Crippen LogP contribution < -0.4 is 16.0 Å². The van der Waals surface area contributed by atoms with Gasteiger partial charge in [-0.15, -0.1) is 0 Å². The second-order valence-corrected chi connectivity index (χ2v) is 8.00. The normalized spacial score (nSPS) is 12.4. The summed E-state index contributed by atoms with van der Waals surface area (Å²) in [5.41, 5.74) is -0.296. The molecule has 23 heavy (non-hydrogen) atoms. The van der Waals surface area contributed by atoms with Gasteiger partial charge < -0.3 is 4.98 Å². The number of nitrogens with one attached hydrogen (secondary N) is 2. The first-order valence-corrected chi connectivity index (χ1v) is 8.83. The average Bonchev–Trinajstić information content (AvgIpc) is 2.91. The first-order valence-electron chi connectivity index (χ1n) is 7.28. The van der Waals surface area contributed by atoms with Gasteiger partial charge in [-0.25, -0.2) is 22.9 Å². The predicted octanol–water partition coefficient (Wildman–Crippen LogP) is -0.779. The summed E-state index contributed by atoms with van der Waals surface area (Å²) in [7, 11) is -0.326. The molecule has 0 radical (unpaired) electrons. The largest absolute Gasteiger partial charge is 0.336 e. The van der Waals surface area contributed by atoms with Crippen LogP contribution >= 0.6 is 0 Å². The summed E-state index contributed by atoms with van der Waals surface area (Å²) in [5, 5.41) is -0.480. The van der Waals surface area contributed by atoms with E-state index in [1.807, 2.05) is 0 Å². The number of hydrogen-bond donors (Lipinski definition) is 2. The first kappa shape index (κ1) is 17.4. The lowest BCUT2D eigenvalue weighted by Crippen LogP contribution is -2.36. The maximum absolute atomic E-state index is 12.0. The molecule has 128 valence electrons. The number of fused-ring (bicyclic) bond motifs is 1. The number of sulfonamides is 1. The molecule has 2 rings (SSSR count). The number of aryl methyl sites for hydroxylation is 2. The van der Waals surface area contributed by atoms with E-state index in [-0.39, 0.29) is 12.1 Å². The van der Waals surface area contributed by atoms with Gasteiger partial charge >= 0.3 is 5.69 Å². The van der Waals surface area contributed by atoms with Crippen LogP contribution in [0, 0.1) is 0 Å². The molecule has 0 bridgehead atoms. The quantitative estimate of drug-likeness (QED) is 0.667. The van der Waals surface area contributed by atoms with Crippen LogP contribution in [-0.2, 0) is 30.5 Å². The Balaban J connectivity index is 2.14. The van der Waals surface area contributed by atoms with Gasteiger partial charge in [-0.3, -0.25) is 13.9 Å². The van der Waals surface area contributed by atoms with Crippen molar-refractivity contribution in [2.45, 2.75) is 31.9 Å². The SMILES string of the molecule is CC(C)S(=O)(=O)NCCCc1nc2c([nH]1)c(=O)n(C)c(=O)n2C. The zero-order valence-electron chi connectivity index (χ0n) is 13.6. The number of H-pyrrole nitrogens is 1. The van der Waals surface area contributed by atoms with Crippen molar-refractivity contribution >= 4 is 21.2 Å². The molecule has 2 heterocycles. The highest BCUT2D eigenvalue weighted by Gasteiger charge is 2.15. The topological polar surface area (TPSA) is 119 Å². The summed E-state index contributed by atoms with van der Waals surface area (Å²) in [6, 6.07) is 0. The summed E-state index contributed by atoms with van der Waals surface area (Å²) in [6.07, 6.45) is 0.993. The monoisotopic (exact) mass is 343 g/mol. The van der Waals surface area contributed by atoms with E-state index in [4.69, 9.17) is 0 Å². The standard InChI is InChI=1S/C13H21N5O4S/c1-8(2)23(21,22)14-7-5-6-9-15-10-11(16-9)17(3)13(20)18(4)12(10)19/h8,14H,5-7H2,1-4H3,(H,15,16). The molecular formula is C13H21N5O4S. The maximum atomic E-state index is 12.0. The minimum atomic E-state index is -3.28. The number of aromatic amines is 1. The fraction of sp³-hybridized carbons (Fsp3) is 0.615. The molecule has 2 N–H and O–H groups in total. The Bertz CT molecular complexity index is 936. The molecule has 2 aromatic heterocycles. The van der Waals surface area contributed by atoms with Gasteiger partial charge in [0.05, 0.1) is 5.25 Å². The molecule has 0 aromatic carbocycles. The summed E-state index contributed by atoms with van der Waals surface area (Å²) in [4.78, 5) is 31.1. The molecule has 10 heteroatoms. The highest BCUT2D eigenvalue weighted by atomic mass is 32.2. The van der Waals surface area contributed by atoms with E-state index in [0.29, 0.717) is 24.3 Å². The second-order valence-electron chi connectivity index (χ2n) is 5.68. The molecule has 9 nitrogen and oxygen atoms in total. The fourth-order valence-corrected chi connectivity index (χ4v) is 2.89. The van der Waals surface area contributed by atoms with E-state index in [0.717, 1.165) is 4.57 Å². The average molecular weight is 343 g/mol. The van der Waals surface area contributed by atoms with Gasteiger partial charge in [0.1, 0.15) is 11.3 Å². The van der Waals surface area contributed by atoms with Crippen LogP contribution in [0.1, 0.15) is 26.1 Å². The summed E-state index contributed by atoms with van der Waals surface area (Å²) in [5.74, 6) is 0.544. The molecule has 0 fully saturated rings. The van der Waals surface area contributed by atoms with Gasteiger partial charge in [0.25, 0.3) is 5.56 Å². The number of hydrogen-bond acceptors (Lipinski definition) is 5. The van der Waals surface area contributed by atoms with Crippen molar-refractivity contribution in [1.82, 2.24) is 23.8 Å². The highest BCUT2D eigenvalue weighted by molar-refractivity contribution is 7.90. The van der Waals surface area contributed by atoms with Gasteiger partial charge in [0.15, 0.2) is 5.65 Å². The van der Waals surface area contributed by atoms with Crippen LogP contribution in [0.3, 0.4) is 0 Å². The molecule has 0 spiro atoms. The second kappa shape index (κ2) is 6.28. The zero-order chi connectivity index (χ0) is 17.4. The Labute approximate surface area is 133 Å². The third-order valence-electron chi connectivity index (χ3n) is 3.66. The summed E-state index contributed by atoms with van der Waals surface area (Å²) in [6.45, 7) is 3.50. The lowest BCUT2D eigenvalue weighted by molar-refractivity contribution is 0.569. The van der Waals surface area contributed by atoms with Gasteiger partial charge in [0, 0.05) is 27.1 Å². The van der Waals surface area contributed by atoms with E-state index in [1.54, 1.807) is 20.9 Å². The van der Waals surface area contributed by atoms with Crippen molar-refractivity contribution in [3.63, 3.8) is 0 Å². The Morgan fingerprint density at radius 1 is 1.22 bits per heavy atom. The van der Waals surface area contributed by atoms with E-state index in [2.05, 4.69) is 14.7 Å². The zero-order valence-corrected chi connectivity index (χ0v) is 14.4. The van der Waals surface area contributed by atoms with Gasteiger partial charge in [-0.1, -0.05) is 0 Å². The van der Waals surface area contributed by atoms with Crippen LogP contribution in [-0.4, -0.2) is 39.3 Å². The van der Waals surface area contributed by atoms with E-state index >= 15 is 0 Å². The van der Waals surface area contributed by atoms with Crippen molar-refractivity contribution in [1.29, 1.82) is 0 Å². The number of aromatic nitrogens is 4. The van der Waals surface area contributed by atoms with E-state index < -0.39 is 26.5 Å². The summed E-state index contributed by atoms with van der Waals surface area (Å²) >= 11 is 0. The maximum Gasteiger partial charge on any atom is 0.332 e. The Kier molecular flexibility index (Phi) is 4.76. The van der Waals surface area contributed by atoms with Crippen molar-refractivity contribution in [3.8, 4) is 0 Å². The molecule has 2 aromatic rings. The highest BCUT2D eigenvalue weighted by Crippen LogP contribution is 2.06. The number of imidazole rings is 1. The van der Waals surface area contributed by atoms with Crippen LogP contribution in [0.5, 0.6) is 0 Å². The smallest absolute Gasteiger partial charge is 0.332 e. The number of rotatable bonds is 6. The van der Waals surface area contributed by atoms with Crippen LogP contribution in [0.15, 0.2) is 9.59 Å². The molecule has 0 unspecified atom stereocenters. The van der Waals surface area contributed by atoms with Gasteiger partial charge in [-0.05, 0) is 20.3 Å². The minimum absolute atomic E-state index is 0.271. The molecule has 0 saturated carbocycles. The third-order valence-corrected chi connectivity index (χ3v) is 5.51. The van der Waals surface area contributed by atoms with Gasteiger partial charge in [-0.2, -0.15) is 0 Å². The van der Waals surface area contributed by atoms with E-state index in [9.17, 15) is 18.0 Å². The molecule has 0 aliphatic heterocycles. The molecule has 0 amide bonds. The van der Waals surface area contributed by atoms with Gasteiger partial charge in [0.2, 0.25) is 10.0 Å². The fourth-order valence-electron chi connectivity index (χ4n) is 2.13. The first-order chi connectivity index (χ1) is 10.6. The van der Waals surface area contributed by atoms with Crippen molar-refractivity contribution in [2.24, 2.45) is 14.1 Å². The van der Waals surface area contributed by atoms with Crippen molar-refractivity contribution in [2.75, 3.05) is 6.54 Å². The van der Waals surface area contributed by atoms with Crippen molar-refractivity contribution < 1.29 is 8.42 Å². The Hall–Kier alpha value is -1.94. The van der Waals surface area contributed by atoms with Crippen molar-refractivity contribution in [3.05, 3.63) is 26.7 Å². The Morgan fingerprint density at radius 3 is 2.48 bits per heavy atom.